The van der Waals surface area contributed by atoms with Crippen molar-refractivity contribution in [2.45, 2.75) is 12.5 Å². The zero-order chi connectivity index (χ0) is 11.9. The third-order valence-electron chi connectivity index (χ3n) is 2.63. The van der Waals surface area contributed by atoms with Crippen LogP contribution in [0.15, 0.2) is 24.5 Å². The minimum Gasteiger partial charge on any atom is -0.378 e. The summed E-state index contributed by atoms with van der Waals surface area (Å²) in [5.41, 5.74) is 0.929. The fraction of sp³-hybridized carbons (Fsp3) is 0.500. The van der Waals surface area contributed by atoms with Crippen molar-refractivity contribution in [1.29, 1.82) is 0 Å². The van der Waals surface area contributed by atoms with Gasteiger partial charge in [0.05, 0.1) is 19.6 Å². The monoisotopic (exact) mass is 235 g/mol. The summed E-state index contributed by atoms with van der Waals surface area (Å²) in [6.07, 6.45) is 3.79. The largest absolute Gasteiger partial charge is 0.378 e. The van der Waals surface area contributed by atoms with Crippen LogP contribution in [0, 0.1) is 0 Å². The number of carbonyl (C=O) groups is 1. The van der Waals surface area contributed by atoms with E-state index in [2.05, 4.69) is 15.6 Å². The molecule has 5 nitrogen and oxygen atoms in total. The third-order valence-corrected chi connectivity index (χ3v) is 2.63. The number of ether oxygens (including phenoxy) is 1. The van der Waals surface area contributed by atoms with Crippen molar-refractivity contribution >= 4 is 5.91 Å². The molecule has 1 aromatic heterocycles. The standard InChI is InChI=1S/C12H17N3O2/c16-12(6-10-2-1-3-13-7-10)15-8-11-9-17-5-4-14-11/h1-3,7,11,14H,4-6,8-9H2,(H,15,16). The number of nitrogens with zero attached hydrogens (tertiary/aromatic N) is 1. The number of amides is 1. The van der Waals surface area contributed by atoms with Crippen molar-refractivity contribution in [3.05, 3.63) is 30.1 Å². The van der Waals surface area contributed by atoms with Gasteiger partial charge >= 0.3 is 0 Å². The van der Waals surface area contributed by atoms with Crippen LogP contribution in [0.2, 0.25) is 0 Å². The average Bonchev–Trinajstić information content (AvgIpc) is 2.39. The van der Waals surface area contributed by atoms with Gasteiger partial charge in [0.25, 0.3) is 0 Å². The third kappa shape index (κ3) is 4.13. The first-order valence-electron chi connectivity index (χ1n) is 5.81. The molecule has 1 saturated heterocycles. The summed E-state index contributed by atoms with van der Waals surface area (Å²) >= 11 is 0. The second-order valence-corrected chi connectivity index (χ2v) is 4.07. The van der Waals surface area contributed by atoms with E-state index in [1.807, 2.05) is 12.1 Å². The van der Waals surface area contributed by atoms with E-state index in [1.54, 1.807) is 12.4 Å². The molecule has 1 amide bonds. The van der Waals surface area contributed by atoms with E-state index in [-0.39, 0.29) is 11.9 Å². The molecule has 1 atom stereocenters. The van der Waals surface area contributed by atoms with Crippen LogP contribution in [0.5, 0.6) is 0 Å². The molecule has 0 aliphatic carbocycles. The molecular formula is C12H17N3O2. The van der Waals surface area contributed by atoms with Crippen LogP contribution in [-0.4, -0.2) is 43.2 Å². The van der Waals surface area contributed by atoms with Crippen LogP contribution >= 0.6 is 0 Å². The molecule has 2 heterocycles. The topological polar surface area (TPSA) is 63.2 Å². The van der Waals surface area contributed by atoms with Gasteiger partial charge in [0, 0.05) is 31.5 Å². The van der Waals surface area contributed by atoms with Crippen LogP contribution in [0.3, 0.4) is 0 Å². The van der Waals surface area contributed by atoms with Gasteiger partial charge in [-0.25, -0.2) is 0 Å². The van der Waals surface area contributed by atoms with Crippen LogP contribution < -0.4 is 10.6 Å². The predicted molar refractivity (Wildman–Crippen MR) is 63.6 cm³/mol. The maximum absolute atomic E-state index is 11.6. The van der Waals surface area contributed by atoms with Gasteiger partial charge in [-0.15, -0.1) is 0 Å². The number of carbonyl (C=O) groups excluding carboxylic acids is 1. The van der Waals surface area contributed by atoms with Crippen molar-refractivity contribution in [1.82, 2.24) is 15.6 Å². The van der Waals surface area contributed by atoms with Crippen LogP contribution in [0.4, 0.5) is 0 Å². The zero-order valence-corrected chi connectivity index (χ0v) is 9.69. The molecule has 92 valence electrons. The van der Waals surface area contributed by atoms with Crippen molar-refractivity contribution in [2.24, 2.45) is 0 Å². The molecule has 0 aromatic carbocycles. The number of hydrogen-bond donors (Lipinski definition) is 2. The van der Waals surface area contributed by atoms with Gasteiger partial charge in [-0.3, -0.25) is 9.78 Å². The van der Waals surface area contributed by atoms with Crippen molar-refractivity contribution in [3.8, 4) is 0 Å². The van der Waals surface area contributed by atoms with E-state index in [0.717, 1.165) is 18.7 Å². The number of nitrogens with one attached hydrogen (secondary N) is 2. The van der Waals surface area contributed by atoms with Crippen LogP contribution in [0.1, 0.15) is 5.56 Å². The maximum Gasteiger partial charge on any atom is 0.224 e. The SMILES string of the molecule is O=C(Cc1cccnc1)NCC1COCCN1. The molecule has 2 N–H and O–H groups in total. The Bertz CT molecular complexity index is 350. The Morgan fingerprint density at radius 1 is 1.65 bits per heavy atom. The fourth-order valence-electron chi connectivity index (χ4n) is 1.74. The fourth-order valence-corrected chi connectivity index (χ4v) is 1.74. The second kappa shape index (κ2) is 6.32. The molecule has 2 rings (SSSR count). The van der Waals surface area contributed by atoms with Gasteiger partial charge in [-0.1, -0.05) is 6.07 Å². The molecule has 5 heteroatoms. The van der Waals surface area contributed by atoms with E-state index < -0.39 is 0 Å². The summed E-state index contributed by atoms with van der Waals surface area (Å²) in [6.45, 7) is 2.87. The quantitative estimate of drug-likeness (QED) is 0.754. The highest BCUT2D eigenvalue weighted by molar-refractivity contribution is 5.78. The van der Waals surface area contributed by atoms with Gasteiger partial charge in [-0.05, 0) is 11.6 Å². The van der Waals surface area contributed by atoms with Crippen LogP contribution in [-0.2, 0) is 16.0 Å². The zero-order valence-electron chi connectivity index (χ0n) is 9.69. The highest BCUT2D eigenvalue weighted by Gasteiger charge is 2.13. The van der Waals surface area contributed by atoms with E-state index in [1.165, 1.54) is 0 Å². The van der Waals surface area contributed by atoms with Crippen molar-refractivity contribution < 1.29 is 9.53 Å². The van der Waals surface area contributed by atoms with Crippen molar-refractivity contribution in [3.63, 3.8) is 0 Å². The molecule has 17 heavy (non-hydrogen) atoms. The van der Waals surface area contributed by atoms with Crippen molar-refractivity contribution in [2.75, 3.05) is 26.3 Å². The normalized spacial score (nSPS) is 19.9. The number of pyridine rings is 1. The summed E-state index contributed by atoms with van der Waals surface area (Å²) in [4.78, 5) is 15.6. The number of aromatic nitrogens is 1. The smallest absolute Gasteiger partial charge is 0.224 e. The van der Waals surface area contributed by atoms with E-state index >= 15 is 0 Å². The summed E-state index contributed by atoms with van der Waals surface area (Å²) in [7, 11) is 0. The van der Waals surface area contributed by atoms with Gasteiger partial charge in [0.1, 0.15) is 0 Å². The van der Waals surface area contributed by atoms with E-state index in [4.69, 9.17) is 4.74 Å². The average molecular weight is 235 g/mol. The van der Waals surface area contributed by atoms with E-state index in [9.17, 15) is 4.79 Å². The Balaban J connectivity index is 1.70. The number of hydrogen-bond acceptors (Lipinski definition) is 4. The molecule has 1 unspecified atom stereocenters. The molecule has 0 saturated carbocycles. The highest BCUT2D eigenvalue weighted by atomic mass is 16.5. The van der Waals surface area contributed by atoms with Gasteiger partial charge in [0.15, 0.2) is 0 Å². The summed E-state index contributed by atoms with van der Waals surface area (Å²) in [5.74, 6) is 0.0189. The Labute approximate surface area is 101 Å². The number of morpholine rings is 1. The molecule has 1 aliphatic heterocycles. The Morgan fingerprint density at radius 3 is 3.29 bits per heavy atom. The van der Waals surface area contributed by atoms with Crippen LogP contribution in [0.25, 0.3) is 0 Å². The molecule has 0 bridgehead atoms. The minimum atomic E-state index is 0.0189. The molecule has 0 spiro atoms. The highest BCUT2D eigenvalue weighted by Crippen LogP contribution is 1.97. The second-order valence-electron chi connectivity index (χ2n) is 4.07. The minimum absolute atomic E-state index is 0.0189. The first kappa shape index (κ1) is 12.0. The van der Waals surface area contributed by atoms with Gasteiger partial charge in [-0.2, -0.15) is 0 Å². The number of rotatable bonds is 4. The Morgan fingerprint density at radius 2 is 2.59 bits per heavy atom. The summed E-state index contributed by atoms with van der Waals surface area (Å²) in [6, 6.07) is 3.95. The molecule has 1 aliphatic rings. The molecular weight excluding hydrogens is 218 g/mol. The lowest BCUT2D eigenvalue weighted by Gasteiger charge is -2.23. The van der Waals surface area contributed by atoms with Gasteiger partial charge in [0.2, 0.25) is 5.91 Å². The maximum atomic E-state index is 11.6. The molecule has 1 fully saturated rings. The summed E-state index contributed by atoms with van der Waals surface area (Å²) < 4.78 is 5.31. The Kier molecular flexibility index (Phi) is 4.46. The lowest BCUT2D eigenvalue weighted by Crippen LogP contribution is -2.48. The Hall–Kier alpha value is -1.46. The summed E-state index contributed by atoms with van der Waals surface area (Å²) in [5, 5.41) is 6.18. The predicted octanol–water partition coefficient (Wildman–Crippen LogP) is -0.271. The van der Waals surface area contributed by atoms with E-state index in [0.29, 0.717) is 19.6 Å². The molecule has 0 radical (unpaired) electrons. The lowest BCUT2D eigenvalue weighted by atomic mass is 10.2. The van der Waals surface area contributed by atoms with Gasteiger partial charge < -0.3 is 15.4 Å². The first-order chi connectivity index (χ1) is 8.34. The lowest BCUT2D eigenvalue weighted by molar-refractivity contribution is -0.120. The molecule has 1 aromatic rings. The first-order valence-corrected chi connectivity index (χ1v) is 5.81.